The first-order valence-electron chi connectivity index (χ1n) is 10.3. The molecule has 0 unspecified atom stereocenters. The summed E-state index contributed by atoms with van der Waals surface area (Å²) in [5, 5.41) is 11.8. The number of anilines is 1. The Morgan fingerprint density at radius 2 is 1.59 bits per heavy atom. The van der Waals surface area contributed by atoms with Crippen LogP contribution in [0.2, 0.25) is 0 Å². The quantitative estimate of drug-likeness (QED) is 0.492. The maximum absolute atomic E-state index is 12.9. The van der Waals surface area contributed by atoms with Crippen molar-refractivity contribution in [3.8, 4) is 0 Å². The number of piperazine rings is 1. The average molecular weight is 461 g/mol. The number of hydrogen-bond acceptors (Lipinski definition) is 7. The van der Waals surface area contributed by atoms with E-state index in [1.54, 1.807) is 29.2 Å². The molecule has 10 nitrogen and oxygen atoms in total. The van der Waals surface area contributed by atoms with Crippen molar-refractivity contribution in [3.05, 3.63) is 64.2 Å². The van der Waals surface area contributed by atoms with Crippen LogP contribution in [0.3, 0.4) is 0 Å². The van der Waals surface area contributed by atoms with Crippen LogP contribution < -0.4 is 4.90 Å². The Balaban J connectivity index is 1.52. The normalized spacial score (nSPS) is 17.9. The van der Waals surface area contributed by atoms with Crippen LogP contribution >= 0.6 is 0 Å². The molecule has 2 aromatic rings. The molecule has 2 heterocycles. The molecule has 1 amide bonds. The van der Waals surface area contributed by atoms with Crippen LogP contribution in [0.15, 0.2) is 53.4 Å². The Morgan fingerprint density at radius 1 is 0.938 bits per heavy atom. The molecule has 11 heteroatoms. The molecule has 32 heavy (non-hydrogen) atoms. The number of carbonyl (C=O) groups is 1. The highest BCUT2D eigenvalue weighted by atomic mass is 32.2. The van der Waals surface area contributed by atoms with Gasteiger partial charge in [-0.2, -0.15) is 4.31 Å². The van der Waals surface area contributed by atoms with Gasteiger partial charge >= 0.3 is 0 Å². The summed E-state index contributed by atoms with van der Waals surface area (Å²) in [6.07, 6.45) is 0. The highest BCUT2D eigenvalue weighted by Crippen LogP contribution is 2.32. The fourth-order valence-electron chi connectivity index (χ4n) is 3.93. The number of nitro benzene ring substituents is 1. The molecule has 0 bridgehead atoms. The van der Waals surface area contributed by atoms with Crippen molar-refractivity contribution in [3.63, 3.8) is 0 Å². The highest BCUT2D eigenvalue weighted by molar-refractivity contribution is 7.89. The monoisotopic (exact) mass is 460 g/mol. The van der Waals surface area contributed by atoms with Crippen molar-refractivity contribution >= 4 is 27.3 Å². The molecule has 0 aromatic heterocycles. The van der Waals surface area contributed by atoms with Gasteiger partial charge in [0.15, 0.2) is 0 Å². The molecule has 0 aliphatic carbocycles. The second-order valence-electron chi connectivity index (χ2n) is 7.57. The summed E-state index contributed by atoms with van der Waals surface area (Å²) in [7, 11) is -3.84. The lowest BCUT2D eigenvalue weighted by atomic mass is 10.1. The standard InChI is InChI=1S/C21H24N4O6S/c26-21(17-4-2-1-3-5-17)23-10-8-22(9-11-23)19-7-6-18(16-20(19)25(27)28)32(29,30)24-12-14-31-15-13-24/h1-7,16H,8-15H2. The number of amides is 1. The molecular weight excluding hydrogens is 436 g/mol. The number of morpholine rings is 1. The van der Waals surface area contributed by atoms with Crippen molar-refractivity contribution in [2.75, 3.05) is 57.4 Å². The van der Waals surface area contributed by atoms with Gasteiger partial charge < -0.3 is 14.5 Å². The molecule has 0 N–H and O–H groups in total. The predicted octanol–water partition coefficient (Wildman–Crippen LogP) is 1.58. The van der Waals surface area contributed by atoms with E-state index in [-0.39, 0.29) is 29.6 Å². The van der Waals surface area contributed by atoms with Crippen molar-refractivity contribution in [1.29, 1.82) is 0 Å². The highest BCUT2D eigenvalue weighted by Gasteiger charge is 2.31. The fraction of sp³-hybridized carbons (Fsp3) is 0.381. The van der Waals surface area contributed by atoms with E-state index >= 15 is 0 Å². The van der Waals surface area contributed by atoms with Gasteiger partial charge in [0.25, 0.3) is 11.6 Å². The molecule has 2 aromatic carbocycles. The molecular formula is C21H24N4O6S. The number of rotatable bonds is 5. The Morgan fingerprint density at radius 3 is 2.22 bits per heavy atom. The van der Waals surface area contributed by atoms with Gasteiger partial charge in [-0.15, -0.1) is 0 Å². The smallest absolute Gasteiger partial charge is 0.293 e. The van der Waals surface area contributed by atoms with Gasteiger partial charge in [0.2, 0.25) is 10.0 Å². The number of hydrogen-bond donors (Lipinski definition) is 0. The van der Waals surface area contributed by atoms with Crippen molar-refractivity contribution in [2.45, 2.75) is 4.90 Å². The van der Waals surface area contributed by atoms with Crippen LogP contribution in [0.1, 0.15) is 10.4 Å². The zero-order valence-corrected chi connectivity index (χ0v) is 18.2. The number of ether oxygens (including phenoxy) is 1. The Labute approximate surface area is 186 Å². The molecule has 2 fully saturated rings. The molecule has 170 valence electrons. The summed E-state index contributed by atoms with van der Waals surface area (Å²) >= 11 is 0. The lowest BCUT2D eigenvalue weighted by Crippen LogP contribution is -2.49. The maximum Gasteiger partial charge on any atom is 0.293 e. The van der Waals surface area contributed by atoms with Gasteiger partial charge in [-0.1, -0.05) is 18.2 Å². The third kappa shape index (κ3) is 4.45. The summed E-state index contributed by atoms with van der Waals surface area (Å²) < 4.78 is 32.3. The first kappa shape index (κ1) is 22.2. The molecule has 0 saturated carbocycles. The summed E-state index contributed by atoms with van der Waals surface area (Å²) in [6, 6.07) is 13.0. The van der Waals surface area contributed by atoms with Crippen molar-refractivity contribution < 1.29 is 22.9 Å². The summed E-state index contributed by atoms with van der Waals surface area (Å²) in [6.45, 7) is 2.68. The van der Waals surface area contributed by atoms with Crippen LogP contribution in [-0.4, -0.2) is 80.9 Å². The van der Waals surface area contributed by atoms with Gasteiger partial charge in [0.05, 0.1) is 23.0 Å². The van der Waals surface area contributed by atoms with Gasteiger partial charge in [-0.25, -0.2) is 8.42 Å². The van der Waals surface area contributed by atoms with E-state index in [1.807, 2.05) is 11.0 Å². The van der Waals surface area contributed by atoms with Crippen LogP contribution in [0.4, 0.5) is 11.4 Å². The molecule has 4 rings (SSSR count). The van der Waals surface area contributed by atoms with E-state index in [2.05, 4.69) is 0 Å². The third-order valence-corrected chi connectivity index (χ3v) is 7.57. The second-order valence-corrected chi connectivity index (χ2v) is 9.51. The van der Waals surface area contributed by atoms with Crippen LogP contribution in [0.5, 0.6) is 0 Å². The number of sulfonamides is 1. The molecule has 0 atom stereocenters. The van der Waals surface area contributed by atoms with Crippen LogP contribution in [0.25, 0.3) is 0 Å². The van der Waals surface area contributed by atoms with E-state index in [0.29, 0.717) is 50.6 Å². The molecule has 0 radical (unpaired) electrons. The third-order valence-electron chi connectivity index (χ3n) is 5.68. The zero-order valence-electron chi connectivity index (χ0n) is 17.4. The predicted molar refractivity (Wildman–Crippen MR) is 117 cm³/mol. The lowest BCUT2D eigenvalue weighted by Gasteiger charge is -2.36. The SMILES string of the molecule is O=C(c1ccccc1)N1CCN(c2ccc(S(=O)(=O)N3CCOCC3)cc2[N+](=O)[O-])CC1. The molecule has 0 spiro atoms. The van der Waals surface area contributed by atoms with E-state index in [4.69, 9.17) is 4.74 Å². The van der Waals surface area contributed by atoms with Crippen molar-refractivity contribution in [1.82, 2.24) is 9.21 Å². The number of nitrogens with zero attached hydrogens (tertiary/aromatic N) is 4. The van der Waals surface area contributed by atoms with Crippen LogP contribution in [-0.2, 0) is 14.8 Å². The topological polar surface area (TPSA) is 113 Å². The minimum absolute atomic E-state index is 0.0771. The van der Waals surface area contributed by atoms with E-state index in [9.17, 15) is 23.3 Å². The largest absolute Gasteiger partial charge is 0.379 e. The molecule has 2 aliphatic rings. The minimum Gasteiger partial charge on any atom is -0.379 e. The minimum atomic E-state index is -3.84. The Bertz CT molecular complexity index is 1090. The Kier molecular flexibility index (Phi) is 6.40. The fourth-order valence-corrected chi connectivity index (χ4v) is 5.36. The molecule has 2 aliphatic heterocycles. The first-order chi connectivity index (χ1) is 15.4. The van der Waals surface area contributed by atoms with Crippen molar-refractivity contribution in [2.24, 2.45) is 0 Å². The van der Waals surface area contributed by atoms with Gasteiger partial charge in [0, 0.05) is 50.9 Å². The van der Waals surface area contributed by atoms with Gasteiger partial charge in [0.1, 0.15) is 5.69 Å². The van der Waals surface area contributed by atoms with E-state index < -0.39 is 14.9 Å². The van der Waals surface area contributed by atoms with Gasteiger partial charge in [-0.3, -0.25) is 14.9 Å². The number of benzene rings is 2. The van der Waals surface area contributed by atoms with Gasteiger partial charge in [-0.05, 0) is 24.3 Å². The lowest BCUT2D eigenvalue weighted by molar-refractivity contribution is -0.384. The maximum atomic E-state index is 12.9. The van der Waals surface area contributed by atoms with E-state index in [0.717, 1.165) is 6.07 Å². The summed E-state index contributed by atoms with van der Waals surface area (Å²) in [5.41, 5.74) is 0.689. The summed E-state index contributed by atoms with van der Waals surface area (Å²) in [4.78, 5) is 27.3. The van der Waals surface area contributed by atoms with Crippen LogP contribution in [0, 0.1) is 10.1 Å². The number of nitro groups is 1. The first-order valence-corrected chi connectivity index (χ1v) is 11.8. The number of carbonyl (C=O) groups excluding carboxylic acids is 1. The zero-order chi connectivity index (χ0) is 22.7. The average Bonchev–Trinajstić information content (AvgIpc) is 2.84. The summed E-state index contributed by atoms with van der Waals surface area (Å²) in [5.74, 6) is -0.0771. The van der Waals surface area contributed by atoms with E-state index in [1.165, 1.54) is 16.4 Å². The molecule has 2 saturated heterocycles. The second kappa shape index (κ2) is 9.23. The Hall–Kier alpha value is -3.02.